The number of carboxylic acid groups (broad SMARTS) is 1. The standard InChI is InChI=1S/C11H16N2O4/c1-6-7(17-5-12-6)9(14)13-8(10(15)16)11(2,3)4/h5,8H,1-4H3,(H,13,14)(H,15,16). The highest BCUT2D eigenvalue weighted by molar-refractivity contribution is 5.95. The predicted molar refractivity (Wildman–Crippen MR) is 59.6 cm³/mol. The molecule has 0 fully saturated rings. The Morgan fingerprint density at radius 1 is 1.47 bits per heavy atom. The molecule has 1 aromatic heterocycles. The zero-order chi connectivity index (χ0) is 13.2. The van der Waals surface area contributed by atoms with Crippen molar-refractivity contribution in [3.63, 3.8) is 0 Å². The molecule has 0 bridgehead atoms. The molecule has 6 heteroatoms. The Balaban J connectivity index is 2.86. The van der Waals surface area contributed by atoms with Gasteiger partial charge in [0.25, 0.3) is 5.91 Å². The largest absolute Gasteiger partial charge is 0.480 e. The third-order valence-corrected chi connectivity index (χ3v) is 2.34. The van der Waals surface area contributed by atoms with Crippen LogP contribution in [0.25, 0.3) is 0 Å². The lowest BCUT2D eigenvalue weighted by Crippen LogP contribution is -2.49. The van der Waals surface area contributed by atoms with Gasteiger partial charge in [-0.3, -0.25) is 4.79 Å². The fourth-order valence-electron chi connectivity index (χ4n) is 1.37. The summed E-state index contributed by atoms with van der Waals surface area (Å²) in [6.45, 7) is 6.82. The number of hydrogen-bond acceptors (Lipinski definition) is 4. The molecule has 0 saturated carbocycles. The zero-order valence-corrected chi connectivity index (χ0v) is 10.3. The van der Waals surface area contributed by atoms with E-state index in [1.54, 1.807) is 27.7 Å². The Hall–Kier alpha value is -1.85. The number of nitrogens with zero attached hydrogens (tertiary/aromatic N) is 1. The molecule has 0 spiro atoms. The minimum absolute atomic E-state index is 0.0421. The van der Waals surface area contributed by atoms with Crippen LogP contribution in [0.2, 0.25) is 0 Å². The molecule has 1 atom stereocenters. The van der Waals surface area contributed by atoms with Crippen LogP contribution in [0.3, 0.4) is 0 Å². The van der Waals surface area contributed by atoms with E-state index in [1.807, 2.05) is 0 Å². The van der Waals surface area contributed by atoms with Crippen LogP contribution in [0.1, 0.15) is 37.0 Å². The average molecular weight is 240 g/mol. The van der Waals surface area contributed by atoms with Crippen LogP contribution in [-0.2, 0) is 4.79 Å². The summed E-state index contributed by atoms with van der Waals surface area (Å²) in [5.41, 5.74) is -0.157. The number of aryl methyl sites for hydroxylation is 1. The van der Waals surface area contributed by atoms with E-state index in [2.05, 4.69) is 10.3 Å². The second-order valence-electron chi connectivity index (χ2n) is 4.88. The Kier molecular flexibility index (Phi) is 3.55. The molecular weight excluding hydrogens is 224 g/mol. The Bertz CT molecular complexity index is 431. The van der Waals surface area contributed by atoms with Gasteiger partial charge in [-0.1, -0.05) is 20.8 Å². The quantitative estimate of drug-likeness (QED) is 0.828. The number of rotatable bonds is 3. The van der Waals surface area contributed by atoms with Crippen molar-refractivity contribution in [2.45, 2.75) is 33.7 Å². The zero-order valence-electron chi connectivity index (χ0n) is 10.3. The van der Waals surface area contributed by atoms with Gasteiger partial charge < -0.3 is 14.8 Å². The van der Waals surface area contributed by atoms with Crippen molar-refractivity contribution in [1.82, 2.24) is 10.3 Å². The van der Waals surface area contributed by atoms with E-state index in [-0.39, 0.29) is 5.76 Å². The van der Waals surface area contributed by atoms with Crippen LogP contribution in [0.5, 0.6) is 0 Å². The lowest BCUT2D eigenvalue weighted by Gasteiger charge is -2.27. The number of amides is 1. The molecule has 0 radical (unpaired) electrons. The summed E-state index contributed by atoms with van der Waals surface area (Å²) >= 11 is 0. The Labute approximate surface area is 99.0 Å². The normalized spacial score (nSPS) is 13.2. The van der Waals surface area contributed by atoms with Gasteiger partial charge in [-0.2, -0.15) is 0 Å². The van der Waals surface area contributed by atoms with Crippen molar-refractivity contribution in [3.05, 3.63) is 17.8 Å². The molecule has 1 unspecified atom stereocenters. The van der Waals surface area contributed by atoms with Crippen LogP contribution >= 0.6 is 0 Å². The van der Waals surface area contributed by atoms with Crippen molar-refractivity contribution >= 4 is 11.9 Å². The van der Waals surface area contributed by atoms with E-state index >= 15 is 0 Å². The monoisotopic (exact) mass is 240 g/mol. The van der Waals surface area contributed by atoms with Crippen molar-refractivity contribution in [1.29, 1.82) is 0 Å². The van der Waals surface area contributed by atoms with Crippen molar-refractivity contribution in [2.24, 2.45) is 5.41 Å². The molecule has 94 valence electrons. The van der Waals surface area contributed by atoms with Gasteiger partial charge in [0.15, 0.2) is 6.39 Å². The average Bonchev–Trinajstić information content (AvgIpc) is 2.58. The molecule has 0 saturated heterocycles. The third-order valence-electron chi connectivity index (χ3n) is 2.34. The summed E-state index contributed by atoms with van der Waals surface area (Å²) < 4.78 is 4.90. The molecule has 0 aliphatic carbocycles. The number of carbonyl (C=O) groups excluding carboxylic acids is 1. The lowest BCUT2D eigenvalue weighted by atomic mass is 9.86. The third kappa shape index (κ3) is 3.05. The van der Waals surface area contributed by atoms with Crippen LogP contribution in [0.15, 0.2) is 10.8 Å². The number of carbonyl (C=O) groups is 2. The summed E-state index contributed by atoms with van der Waals surface area (Å²) in [6.07, 6.45) is 1.15. The van der Waals surface area contributed by atoms with Crippen LogP contribution in [-0.4, -0.2) is 28.0 Å². The summed E-state index contributed by atoms with van der Waals surface area (Å²) in [5, 5.41) is 11.5. The molecule has 1 aromatic rings. The second-order valence-corrected chi connectivity index (χ2v) is 4.88. The maximum absolute atomic E-state index is 11.8. The highest BCUT2D eigenvalue weighted by atomic mass is 16.4. The first kappa shape index (κ1) is 13.2. The van der Waals surface area contributed by atoms with E-state index in [0.29, 0.717) is 5.69 Å². The smallest absolute Gasteiger partial charge is 0.326 e. The van der Waals surface area contributed by atoms with Gasteiger partial charge in [0.2, 0.25) is 5.76 Å². The summed E-state index contributed by atoms with van der Waals surface area (Å²) in [6, 6.07) is -0.987. The first-order chi connectivity index (χ1) is 7.73. The molecule has 17 heavy (non-hydrogen) atoms. The molecule has 0 aromatic carbocycles. The van der Waals surface area contributed by atoms with Crippen molar-refractivity contribution < 1.29 is 19.1 Å². The summed E-state index contributed by atoms with van der Waals surface area (Å²) in [7, 11) is 0. The van der Waals surface area contributed by atoms with E-state index in [0.717, 1.165) is 6.39 Å². The minimum Gasteiger partial charge on any atom is -0.480 e. The molecule has 1 rings (SSSR count). The molecule has 6 nitrogen and oxygen atoms in total. The molecule has 2 N–H and O–H groups in total. The van der Waals surface area contributed by atoms with E-state index in [1.165, 1.54) is 0 Å². The highest BCUT2D eigenvalue weighted by Crippen LogP contribution is 2.20. The van der Waals surface area contributed by atoms with E-state index < -0.39 is 23.3 Å². The number of oxazole rings is 1. The Morgan fingerprint density at radius 3 is 2.41 bits per heavy atom. The number of hydrogen-bond donors (Lipinski definition) is 2. The molecule has 0 aliphatic heterocycles. The van der Waals surface area contributed by atoms with Gasteiger partial charge in [-0.05, 0) is 12.3 Å². The fraction of sp³-hybridized carbons (Fsp3) is 0.545. The minimum atomic E-state index is -1.08. The van der Waals surface area contributed by atoms with Gasteiger partial charge in [0.1, 0.15) is 6.04 Å². The Morgan fingerprint density at radius 2 is 2.06 bits per heavy atom. The number of carboxylic acids is 1. The topological polar surface area (TPSA) is 92.4 Å². The number of nitrogens with one attached hydrogen (secondary N) is 1. The van der Waals surface area contributed by atoms with Crippen LogP contribution in [0.4, 0.5) is 0 Å². The SMILES string of the molecule is Cc1ncoc1C(=O)NC(C(=O)O)C(C)(C)C. The molecule has 0 aliphatic rings. The van der Waals surface area contributed by atoms with Gasteiger partial charge >= 0.3 is 5.97 Å². The molecule has 1 amide bonds. The predicted octanol–water partition coefficient (Wildman–Crippen LogP) is 1.21. The first-order valence-corrected chi connectivity index (χ1v) is 5.17. The van der Waals surface area contributed by atoms with Crippen molar-refractivity contribution in [3.8, 4) is 0 Å². The van der Waals surface area contributed by atoms with Gasteiger partial charge in [-0.15, -0.1) is 0 Å². The maximum Gasteiger partial charge on any atom is 0.326 e. The molecule has 1 heterocycles. The van der Waals surface area contributed by atoms with Gasteiger partial charge in [0.05, 0.1) is 5.69 Å². The maximum atomic E-state index is 11.8. The van der Waals surface area contributed by atoms with Crippen molar-refractivity contribution in [2.75, 3.05) is 0 Å². The van der Waals surface area contributed by atoms with E-state index in [4.69, 9.17) is 9.52 Å². The first-order valence-electron chi connectivity index (χ1n) is 5.17. The molecular formula is C11H16N2O4. The van der Waals surface area contributed by atoms with Gasteiger partial charge in [-0.25, -0.2) is 9.78 Å². The van der Waals surface area contributed by atoms with Crippen LogP contribution in [0, 0.1) is 12.3 Å². The van der Waals surface area contributed by atoms with E-state index in [9.17, 15) is 9.59 Å². The number of aliphatic carboxylic acids is 1. The lowest BCUT2D eigenvalue weighted by molar-refractivity contribution is -0.142. The summed E-state index contributed by atoms with van der Waals surface area (Å²) in [4.78, 5) is 26.6. The summed E-state index contributed by atoms with van der Waals surface area (Å²) in [5.74, 6) is -1.61. The fourth-order valence-corrected chi connectivity index (χ4v) is 1.37. The van der Waals surface area contributed by atoms with Gasteiger partial charge in [0, 0.05) is 0 Å². The number of aromatic nitrogens is 1. The highest BCUT2D eigenvalue weighted by Gasteiger charge is 2.33. The van der Waals surface area contributed by atoms with Crippen LogP contribution < -0.4 is 5.32 Å². The second kappa shape index (κ2) is 4.57.